The second-order valence-electron chi connectivity index (χ2n) is 9.06. The highest BCUT2D eigenvalue weighted by Gasteiger charge is 2.31. The fourth-order valence-electron chi connectivity index (χ4n) is 4.54. The summed E-state index contributed by atoms with van der Waals surface area (Å²) in [6.07, 6.45) is 3.99. The van der Waals surface area contributed by atoms with Crippen LogP contribution in [0.1, 0.15) is 86.7 Å². The molecule has 2 aromatic carbocycles. The van der Waals surface area contributed by atoms with Crippen LogP contribution in [0.4, 0.5) is 0 Å². The molecule has 178 valence electrons. The van der Waals surface area contributed by atoms with Crippen LogP contribution in [0.25, 0.3) is 0 Å². The van der Waals surface area contributed by atoms with Crippen molar-refractivity contribution in [3.8, 4) is 0 Å². The van der Waals surface area contributed by atoms with Crippen LogP contribution in [0.3, 0.4) is 0 Å². The molecule has 33 heavy (non-hydrogen) atoms. The summed E-state index contributed by atoms with van der Waals surface area (Å²) in [7, 11) is -1.52. The predicted molar refractivity (Wildman–Crippen MR) is 137 cm³/mol. The second kappa shape index (κ2) is 12.2. The van der Waals surface area contributed by atoms with Crippen molar-refractivity contribution >= 4 is 24.9 Å². The van der Waals surface area contributed by atoms with Gasteiger partial charge in [0.1, 0.15) is 0 Å². The zero-order valence-corrected chi connectivity index (χ0v) is 22.0. The van der Waals surface area contributed by atoms with E-state index in [0.717, 1.165) is 59.1 Å². The lowest BCUT2D eigenvalue weighted by Crippen LogP contribution is -2.14. The number of hydrogen-bond acceptors (Lipinski definition) is 4. The van der Waals surface area contributed by atoms with Crippen LogP contribution in [0.2, 0.25) is 0 Å². The molecule has 0 bridgehead atoms. The SMILES string of the molecule is CC(=O)OCCCCCCP(C(=O)c1c(C)cc(C)cc1C)C(=O)c1c(C)cc(C)cc1C. The molecule has 0 heterocycles. The number of unbranched alkanes of at least 4 members (excludes halogenated alkanes) is 3. The van der Waals surface area contributed by atoms with Crippen molar-refractivity contribution in [2.24, 2.45) is 0 Å². The maximum Gasteiger partial charge on any atom is 0.302 e. The van der Waals surface area contributed by atoms with Gasteiger partial charge in [-0.3, -0.25) is 14.4 Å². The summed E-state index contributed by atoms with van der Waals surface area (Å²) in [5, 5.41) is 0. The zero-order chi connectivity index (χ0) is 24.7. The predicted octanol–water partition coefficient (Wildman–Crippen LogP) is 7.12. The van der Waals surface area contributed by atoms with Gasteiger partial charge in [-0.25, -0.2) is 0 Å². The Kier molecular flexibility index (Phi) is 9.98. The van der Waals surface area contributed by atoms with Crippen molar-refractivity contribution in [3.05, 3.63) is 68.8 Å². The number of hydrogen-bond donors (Lipinski definition) is 0. The molecule has 0 aliphatic rings. The molecular weight excluding hydrogens is 431 g/mol. The number of carbonyl (C=O) groups is 3. The Morgan fingerprint density at radius 1 is 0.667 bits per heavy atom. The Balaban J connectivity index is 2.28. The van der Waals surface area contributed by atoms with Gasteiger partial charge in [0.25, 0.3) is 0 Å². The van der Waals surface area contributed by atoms with Crippen LogP contribution in [0.5, 0.6) is 0 Å². The molecule has 0 saturated carbocycles. The molecule has 0 fully saturated rings. The summed E-state index contributed by atoms with van der Waals surface area (Å²) in [6.45, 7) is 13.7. The largest absolute Gasteiger partial charge is 0.466 e. The lowest BCUT2D eigenvalue weighted by molar-refractivity contribution is -0.141. The van der Waals surface area contributed by atoms with Crippen LogP contribution >= 0.6 is 7.92 Å². The lowest BCUT2D eigenvalue weighted by atomic mass is 10.0. The van der Waals surface area contributed by atoms with Gasteiger partial charge in [0.2, 0.25) is 0 Å². The highest BCUT2D eigenvalue weighted by molar-refractivity contribution is 7.90. The molecule has 0 saturated heterocycles. The van der Waals surface area contributed by atoms with Gasteiger partial charge in [-0.2, -0.15) is 0 Å². The van der Waals surface area contributed by atoms with Gasteiger partial charge >= 0.3 is 5.97 Å². The molecule has 0 unspecified atom stereocenters. The molecule has 5 heteroatoms. The number of aryl methyl sites for hydroxylation is 6. The van der Waals surface area contributed by atoms with E-state index in [1.54, 1.807) is 0 Å². The van der Waals surface area contributed by atoms with Crippen molar-refractivity contribution < 1.29 is 19.1 Å². The molecule has 2 rings (SSSR count). The molecule has 0 aliphatic heterocycles. The van der Waals surface area contributed by atoms with Crippen LogP contribution in [-0.2, 0) is 9.53 Å². The van der Waals surface area contributed by atoms with Crippen LogP contribution in [-0.4, -0.2) is 29.8 Å². The average Bonchev–Trinajstić information content (AvgIpc) is 2.68. The van der Waals surface area contributed by atoms with E-state index in [-0.39, 0.29) is 17.0 Å². The molecule has 0 radical (unpaired) electrons. The minimum absolute atomic E-state index is 0.00992. The van der Waals surface area contributed by atoms with E-state index in [9.17, 15) is 14.4 Å². The minimum atomic E-state index is -1.52. The summed E-state index contributed by atoms with van der Waals surface area (Å²) in [5.41, 5.74) is 7.40. The smallest absolute Gasteiger partial charge is 0.302 e. The molecule has 0 amide bonds. The Labute approximate surface area is 199 Å². The van der Waals surface area contributed by atoms with E-state index < -0.39 is 7.92 Å². The molecule has 2 aromatic rings. The summed E-state index contributed by atoms with van der Waals surface area (Å²) in [6, 6.07) is 8.09. The molecule has 0 aliphatic carbocycles. The normalized spacial score (nSPS) is 11.0. The van der Waals surface area contributed by atoms with Crippen molar-refractivity contribution in [1.82, 2.24) is 0 Å². The first kappa shape index (κ1) is 26.9. The third-order valence-electron chi connectivity index (χ3n) is 5.85. The standard InChI is InChI=1S/C28H37O4P/c1-18-14-20(3)25(21(4)15-18)27(30)33(13-11-9-8-10-12-32-24(7)29)28(31)26-22(5)16-19(2)17-23(26)6/h14-17H,8-13H2,1-7H3. The summed E-state index contributed by atoms with van der Waals surface area (Å²) < 4.78 is 4.99. The Morgan fingerprint density at radius 3 is 1.45 bits per heavy atom. The second-order valence-corrected chi connectivity index (χ2v) is 11.2. The quantitative estimate of drug-likeness (QED) is 0.200. The number of rotatable bonds is 11. The molecular formula is C28H37O4P. The average molecular weight is 469 g/mol. The number of benzene rings is 2. The van der Waals surface area contributed by atoms with Gasteiger partial charge in [-0.05, 0) is 82.8 Å². The molecule has 0 aromatic heterocycles. The molecule has 0 spiro atoms. The first-order chi connectivity index (χ1) is 15.5. The molecule has 4 nitrogen and oxygen atoms in total. The van der Waals surface area contributed by atoms with Crippen LogP contribution < -0.4 is 0 Å². The van der Waals surface area contributed by atoms with E-state index in [2.05, 4.69) is 0 Å². The van der Waals surface area contributed by atoms with E-state index in [0.29, 0.717) is 23.9 Å². The fourth-order valence-corrected chi connectivity index (χ4v) is 6.92. The Hall–Kier alpha value is -2.32. The number of carbonyl (C=O) groups excluding carboxylic acids is 3. The van der Waals surface area contributed by atoms with Crippen LogP contribution in [0.15, 0.2) is 24.3 Å². The summed E-state index contributed by atoms with van der Waals surface area (Å²) >= 11 is 0. The van der Waals surface area contributed by atoms with Gasteiger partial charge in [-0.15, -0.1) is 0 Å². The van der Waals surface area contributed by atoms with Gasteiger partial charge in [0.05, 0.1) is 6.61 Å². The topological polar surface area (TPSA) is 60.4 Å². The summed E-state index contributed by atoms with van der Waals surface area (Å²) in [4.78, 5) is 38.5. The highest BCUT2D eigenvalue weighted by Crippen LogP contribution is 2.46. The van der Waals surface area contributed by atoms with Gasteiger partial charge in [0.15, 0.2) is 11.0 Å². The van der Waals surface area contributed by atoms with Gasteiger partial charge in [0, 0.05) is 26.0 Å². The van der Waals surface area contributed by atoms with E-state index in [1.807, 2.05) is 65.8 Å². The monoisotopic (exact) mass is 468 g/mol. The van der Waals surface area contributed by atoms with Crippen molar-refractivity contribution in [3.63, 3.8) is 0 Å². The Bertz CT molecular complexity index is 923. The van der Waals surface area contributed by atoms with Crippen LogP contribution in [0, 0.1) is 41.5 Å². The van der Waals surface area contributed by atoms with Crippen molar-refractivity contribution in [2.45, 2.75) is 74.1 Å². The van der Waals surface area contributed by atoms with E-state index in [4.69, 9.17) is 4.74 Å². The molecule has 0 atom stereocenters. The number of esters is 1. The van der Waals surface area contributed by atoms with E-state index >= 15 is 0 Å². The molecule has 0 N–H and O–H groups in total. The van der Waals surface area contributed by atoms with Crippen molar-refractivity contribution in [2.75, 3.05) is 12.8 Å². The first-order valence-corrected chi connectivity index (χ1v) is 13.2. The third-order valence-corrected chi connectivity index (χ3v) is 8.04. The lowest BCUT2D eigenvalue weighted by Gasteiger charge is -2.20. The highest BCUT2D eigenvalue weighted by atomic mass is 31.1. The fraction of sp³-hybridized carbons (Fsp3) is 0.464. The maximum atomic E-state index is 13.8. The minimum Gasteiger partial charge on any atom is -0.466 e. The van der Waals surface area contributed by atoms with Gasteiger partial charge < -0.3 is 4.74 Å². The third kappa shape index (κ3) is 7.33. The summed E-state index contributed by atoms with van der Waals surface area (Å²) in [5.74, 6) is -0.262. The number of ether oxygens (including phenoxy) is 1. The Morgan fingerprint density at radius 2 is 1.06 bits per heavy atom. The zero-order valence-electron chi connectivity index (χ0n) is 21.1. The van der Waals surface area contributed by atoms with Gasteiger partial charge in [-0.1, -0.05) is 48.2 Å². The first-order valence-electron chi connectivity index (χ1n) is 11.7. The maximum absolute atomic E-state index is 13.8. The van der Waals surface area contributed by atoms with E-state index in [1.165, 1.54) is 6.92 Å². The van der Waals surface area contributed by atoms with Crippen molar-refractivity contribution in [1.29, 1.82) is 0 Å².